The van der Waals surface area contributed by atoms with Gasteiger partial charge in [-0.05, 0) is 16.7 Å². The fourth-order valence-electron chi connectivity index (χ4n) is 3.07. The minimum Gasteiger partial charge on any atom is -0.461 e. The second kappa shape index (κ2) is 12.3. The van der Waals surface area contributed by atoms with E-state index in [9.17, 15) is 9.59 Å². The summed E-state index contributed by atoms with van der Waals surface area (Å²) >= 11 is 0. The number of hydrogen-bond donors (Lipinski definition) is 1. The van der Waals surface area contributed by atoms with Crippen LogP contribution in [-0.4, -0.2) is 18.0 Å². The van der Waals surface area contributed by atoms with Gasteiger partial charge in [0, 0.05) is 12.6 Å². The highest BCUT2D eigenvalue weighted by molar-refractivity contribution is 5.74. The molecule has 0 saturated heterocycles. The van der Waals surface area contributed by atoms with Gasteiger partial charge in [-0.15, -0.1) is 0 Å². The van der Waals surface area contributed by atoms with Crippen molar-refractivity contribution in [3.8, 4) is 0 Å². The predicted octanol–water partition coefficient (Wildman–Crippen LogP) is 4.41. The number of benzene rings is 3. The van der Waals surface area contributed by atoms with Gasteiger partial charge in [-0.3, -0.25) is 9.59 Å². The standard InChI is InChI=1S/C26H27NO4/c28-25(30-19-22-12-6-2-7-13-22)16-24(27-18-21-10-4-1-5-11-21)17-26(29)31-20-23-14-8-3-9-15-23/h1-15,24,27H,16-20H2. The Hall–Kier alpha value is -3.44. The Balaban J connectivity index is 1.52. The van der Waals surface area contributed by atoms with Crippen molar-refractivity contribution in [3.05, 3.63) is 108 Å². The van der Waals surface area contributed by atoms with Crippen molar-refractivity contribution in [2.24, 2.45) is 0 Å². The van der Waals surface area contributed by atoms with Crippen LogP contribution in [0.5, 0.6) is 0 Å². The molecule has 0 radical (unpaired) electrons. The van der Waals surface area contributed by atoms with Gasteiger partial charge in [0.05, 0.1) is 12.8 Å². The van der Waals surface area contributed by atoms with Crippen molar-refractivity contribution >= 4 is 11.9 Å². The highest BCUT2D eigenvalue weighted by Gasteiger charge is 2.19. The van der Waals surface area contributed by atoms with Crippen molar-refractivity contribution < 1.29 is 19.1 Å². The highest BCUT2D eigenvalue weighted by atomic mass is 16.5. The van der Waals surface area contributed by atoms with Crippen LogP contribution in [0.3, 0.4) is 0 Å². The van der Waals surface area contributed by atoms with E-state index in [0.717, 1.165) is 16.7 Å². The van der Waals surface area contributed by atoms with Crippen molar-refractivity contribution in [3.63, 3.8) is 0 Å². The maximum atomic E-state index is 12.4. The quantitative estimate of drug-likeness (QED) is 0.468. The van der Waals surface area contributed by atoms with Crippen molar-refractivity contribution in [2.45, 2.75) is 38.6 Å². The molecule has 0 atom stereocenters. The summed E-state index contributed by atoms with van der Waals surface area (Å²) in [6, 6.07) is 28.5. The first-order valence-corrected chi connectivity index (χ1v) is 10.4. The zero-order valence-corrected chi connectivity index (χ0v) is 17.4. The number of nitrogens with one attached hydrogen (secondary N) is 1. The topological polar surface area (TPSA) is 64.6 Å². The van der Waals surface area contributed by atoms with Crippen LogP contribution in [0.1, 0.15) is 29.5 Å². The Bertz CT molecular complexity index is 872. The molecular weight excluding hydrogens is 390 g/mol. The molecule has 0 spiro atoms. The number of carbonyl (C=O) groups is 2. The molecule has 3 aromatic rings. The Labute approximate surface area is 183 Å². The van der Waals surface area contributed by atoms with Crippen molar-refractivity contribution in [1.29, 1.82) is 0 Å². The molecule has 0 heterocycles. The van der Waals surface area contributed by atoms with Gasteiger partial charge in [0.25, 0.3) is 0 Å². The number of carbonyl (C=O) groups excluding carboxylic acids is 2. The lowest BCUT2D eigenvalue weighted by atomic mass is 10.1. The smallest absolute Gasteiger partial charge is 0.307 e. The van der Waals surface area contributed by atoms with E-state index in [2.05, 4.69) is 5.32 Å². The molecule has 3 aromatic carbocycles. The molecule has 0 aromatic heterocycles. The lowest BCUT2D eigenvalue weighted by Crippen LogP contribution is -2.34. The number of esters is 2. The summed E-state index contributed by atoms with van der Waals surface area (Å²) in [4.78, 5) is 24.8. The van der Waals surface area contributed by atoms with Gasteiger partial charge in [0.2, 0.25) is 0 Å². The van der Waals surface area contributed by atoms with Crippen LogP contribution in [0.25, 0.3) is 0 Å². The van der Waals surface area contributed by atoms with E-state index in [1.165, 1.54) is 0 Å². The molecule has 0 aliphatic heterocycles. The maximum Gasteiger partial charge on any atom is 0.307 e. The molecule has 3 rings (SSSR count). The molecule has 1 N–H and O–H groups in total. The monoisotopic (exact) mass is 417 g/mol. The summed E-state index contributed by atoms with van der Waals surface area (Å²) in [6.07, 6.45) is 0.167. The first kappa shape index (κ1) is 22.2. The molecular formula is C26H27NO4. The average molecular weight is 418 g/mol. The highest BCUT2D eigenvalue weighted by Crippen LogP contribution is 2.09. The fourth-order valence-corrected chi connectivity index (χ4v) is 3.07. The number of hydrogen-bond acceptors (Lipinski definition) is 5. The third-order valence-electron chi connectivity index (χ3n) is 4.75. The third-order valence-corrected chi connectivity index (χ3v) is 4.75. The van der Waals surface area contributed by atoms with E-state index < -0.39 is 0 Å². The molecule has 0 aliphatic carbocycles. The van der Waals surface area contributed by atoms with Crippen LogP contribution in [0.15, 0.2) is 91.0 Å². The number of rotatable bonds is 11. The summed E-state index contributed by atoms with van der Waals surface area (Å²) in [5, 5.41) is 3.29. The largest absolute Gasteiger partial charge is 0.461 e. The van der Waals surface area contributed by atoms with Gasteiger partial charge >= 0.3 is 11.9 Å². The summed E-state index contributed by atoms with van der Waals surface area (Å²) < 4.78 is 10.8. The van der Waals surface area contributed by atoms with Crippen LogP contribution in [-0.2, 0) is 38.8 Å². The second-order valence-corrected chi connectivity index (χ2v) is 7.26. The van der Waals surface area contributed by atoms with Gasteiger partial charge < -0.3 is 14.8 Å². The van der Waals surface area contributed by atoms with Crippen molar-refractivity contribution in [1.82, 2.24) is 5.32 Å². The van der Waals surface area contributed by atoms with Crippen LogP contribution in [0.2, 0.25) is 0 Å². The first-order valence-electron chi connectivity index (χ1n) is 10.4. The summed E-state index contributed by atoms with van der Waals surface area (Å²) in [5.41, 5.74) is 2.92. The van der Waals surface area contributed by atoms with E-state index in [1.54, 1.807) is 0 Å². The average Bonchev–Trinajstić information content (AvgIpc) is 2.82. The molecule has 0 aliphatic rings. The molecule has 0 amide bonds. The maximum absolute atomic E-state index is 12.4. The van der Waals surface area contributed by atoms with E-state index in [-0.39, 0.29) is 44.0 Å². The molecule has 31 heavy (non-hydrogen) atoms. The van der Waals surface area contributed by atoms with Gasteiger partial charge in [-0.1, -0.05) is 91.0 Å². The minimum absolute atomic E-state index is 0.0834. The zero-order valence-electron chi connectivity index (χ0n) is 17.4. The van der Waals surface area contributed by atoms with Crippen LogP contribution in [0, 0.1) is 0 Å². The Morgan fingerprint density at radius 1 is 0.613 bits per heavy atom. The fraction of sp³-hybridized carbons (Fsp3) is 0.231. The summed E-state index contributed by atoms with van der Waals surface area (Å²) in [5.74, 6) is -0.712. The zero-order chi connectivity index (χ0) is 21.7. The van der Waals surface area contributed by atoms with E-state index >= 15 is 0 Å². The Morgan fingerprint density at radius 2 is 1.00 bits per heavy atom. The van der Waals surface area contributed by atoms with E-state index in [4.69, 9.17) is 9.47 Å². The van der Waals surface area contributed by atoms with Crippen LogP contribution in [0.4, 0.5) is 0 Å². The molecule has 0 fully saturated rings. The van der Waals surface area contributed by atoms with E-state index in [0.29, 0.717) is 6.54 Å². The summed E-state index contributed by atoms with van der Waals surface area (Å²) in [6.45, 7) is 0.969. The molecule has 5 nitrogen and oxygen atoms in total. The normalized spacial score (nSPS) is 10.6. The van der Waals surface area contributed by atoms with Crippen molar-refractivity contribution in [2.75, 3.05) is 0 Å². The van der Waals surface area contributed by atoms with Crippen LogP contribution < -0.4 is 5.32 Å². The second-order valence-electron chi connectivity index (χ2n) is 7.26. The molecule has 5 heteroatoms. The van der Waals surface area contributed by atoms with Gasteiger partial charge in [-0.2, -0.15) is 0 Å². The van der Waals surface area contributed by atoms with Gasteiger partial charge in [-0.25, -0.2) is 0 Å². The van der Waals surface area contributed by atoms with Gasteiger partial charge in [0.15, 0.2) is 0 Å². The Kier molecular flexibility index (Phi) is 8.83. The number of ether oxygens (including phenoxy) is 2. The summed E-state index contributed by atoms with van der Waals surface area (Å²) in [7, 11) is 0. The third kappa shape index (κ3) is 8.44. The molecule has 0 saturated carbocycles. The lowest BCUT2D eigenvalue weighted by molar-refractivity contribution is -0.147. The Morgan fingerprint density at radius 3 is 1.42 bits per heavy atom. The molecule has 0 bridgehead atoms. The first-order chi connectivity index (χ1) is 15.2. The molecule has 0 unspecified atom stereocenters. The lowest BCUT2D eigenvalue weighted by Gasteiger charge is -2.18. The molecule has 160 valence electrons. The minimum atomic E-state index is -0.383. The van der Waals surface area contributed by atoms with Gasteiger partial charge in [0.1, 0.15) is 13.2 Å². The SMILES string of the molecule is O=C(CC(CC(=O)OCc1ccccc1)NCc1ccccc1)OCc1ccccc1. The van der Waals surface area contributed by atoms with E-state index in [1.807, 2.05) is 91.0 Å². The van der Waals surface area contributed by atoms with Crippen LogP contribution >= 0.6 is 0 Å². The predicted molar refractivity (Wildman–Crippen MR) is 119 cm³/mol.